The highest BCUT2D eigenvalue weighted by Crippen LogP contribution is 2.34. The third-order valence-corrected chi connectivity index (χ3v) is 4.30. The van der Waals surface area contributed by atoms with E-state index in [0.29, 0.717) is 18.8 Å². The number of nitrogens with one attached hydrogen (secondary N) is 1. The molecular formula is C19H20F4N2O2. The number of anilines is 1. The molecular weight excluding hydrogens is 364 g/mol. The lowest BCUT2D eigenvalue weighted by atomic mass is 10.0. The maximum absolute atomic E-state index is 12.6. The molecule has 8 heteroatoms. The fourth-order valence-electron chi connectivity index (χ4n) is 3.17. The molecule has 0 aliphatic carbocycles. The van der Waals surface area contributed by atoms with E-state index < -0.39 is 24.7 Å². The summed E-state index contributed by atoms with van der Waals surface area (Å²) in [5.41, 5.74) is 1.81. The maximum atomic E-state index is 12.6. The van der Waals surface area contributed by atoms with Gasteiger partial charge < -0.3 is 19.7 Å². The molecule has 1 heterocycles. The minimum Gasteiger partial charge on any atom is -0.431 e. The van der Waals surface area contributed by atoms with Gasteiger partial charge in [0.05, 0.1) is 0 Å². The van der Waals surface area contributed by atoms with E-state index in [2.05, 4.69) is 14.8 Å². The van der Waals surface area contributed by atoms with Gasteiger partial charge in [0, 0.05) is 37.4 Å². The zero-order valence-corrected chi connectivity index (χ0v) is 14.5. The van der Waals surface area contributed by atoms with Gasteiger partial charge in [-0.25, -0.2) is 0 Å². The van der Waals surface area contributed by atoms with Crippen molar-refractivity contribution in [2.75, 3.05) is 24.5 Å². The summed E-state index contributed by atoms with van der Waals surface area (Å²) < 4.78 is 58.8. The third kappa shape index (κ3) is 5.50. The molecule has 146 valence electrons. The summed E-state index contributed by atoms with van der Waals surface area (Å²) >= 11 is 0. The van der Waals surface area contributed by atoms with Crippen LogP contribution in [0.25, 0.3) is 0 Å². The van der Waals surface area contributed by atoms with E-state index in [1.165, 1.54) is 17.7 Å². The smallest absolute Gasteiger partial charge is 0.387 e. The predicted octanol–water partition coefficient (Wildman–Crippen LogP) is 3.91. The van der Waals surface area contributed by atoms with E-state index in [1.807, 2.05) is 35.2 Å². The summed E-state index contributed by atoms with van der Waals surface area (Å²) in [7, 11) is 0. The second-order valence-corrected chi connectivity index (χ2v) is 6.17. The molecule has 1 saturated heterocycles. The molecule has 27 heavy (non-hydrogen) atoms. The van der Waals surface area contributed by atoms with Crippen molar-refractivity contribution in [3.05, 3.63) is 54.1 Å². The lowest BCUT2D eigenvalue weighted by Crippen LogP contribution is -2.51. The van der Waals surface area contributed by atoms with Gasteiger partial charge in [-0.05, 0) is 24.1 Å². The van der Waals surface area contributed by atoms with Gasteiger partial charge in [0.25, 0.3) is 0 Å². The Balaban J connectivity index is 1.74. The summed E-state index contributed by atoms with van der Waals surface area (Å²) in [6.07, 6.45) is 0.824. The Hall–Kier alpha value is -2.48. The molecule has 0 spiro atoms. The first kappa shape index (κ1) is 19.3. The van der Waals surface area contributed by atoms with Gasteiger partial charge in [0.15, 0.2) is 11.5 Å². The van der Waals surface area contributed by atoms with Gasteiger partial charge in [-0.3, -0.25) is 0 Å². The standard InChI is InChI=1S/C19H20F4N2O2/c20-18(21)26-16-7-6-15(11-17(16)27-19(22)23)25-9-8-24-14(12-25)10-13-4-2-1-3-5-13/h1-7,11,14,18-19,24H,8-10,12H2. The van der Waals surface area contributed by atoms with Crippen molar-refractivity contribution < 1.29 is 27.0 Å². The normalized spacial score (nSPS) is 17.4. The highest BCUT2D eigenvalue weighted by atomic mass is 19.3. The Morgan fingerprint density at radius 3 is 2.37 bits per heavy atom. The van der Waals surface area contributed by atoms with Crippen LogP contribution in [0.3, 0.4) is 0 Å². The highest BCUT2D eigenvalue weighted by molar-refractivity contribution is 5.57. The molecule has 1 aliphatic rings. The molecule has 4 nitrogen and oxygen atoms in total. The number of rotatable bonds is 7. The van der Waals surface area contributed by atoms with E-state index in [-0.39, 0.29) is 6.04 Å². The molecule has 0 amide bonds. The number of ether oxygens (including phenoxy) is 2. The van der Waals surface area contributed by atoms with E-state index in [9.17, 15) is 17.6 Å². The second kappa shape index (κ2) is 8.94. The Labute approximate surface area is 154 Å². The van der Waals surface area contributed by atoms with Crippen LogP contribution in [-0.2, 0) is 6.42 Å². The number of halogens is 4. The van der Waals surface area contributed by atoms with Crippen LogP contribution in [0, 0.1) is 0 Å². The SMILES string of the molecule is FC(F)Oc1ccc(N2CCNC(Cc3ccccc3)C2)cc1OC(F)F. The molecule has 1 aliphatic heterocycles. The average Bonchev–Trinajstić information content (AvgIpc) is 2.63. The van der Waals surface area contributed by atoms with Crippen LogP contribution in [0.2, 0.25) is 0 Å². The zero-order chi connectivity index (χ0) is 19.2. The van der Waals surface area contributed by atoms with Crippen molar-refractivity contribution in [1.82, 2.24) is 5.32 Å². The minimum absolute atomic E-state index is 0.178. The molecule has 1 atom stereocenters. The largest absolute Gasteiger partial charge is 0.431 e. The van der Waals surface area contributed by atoms with E-state index in [1.54, 1.807) is 6.07 Å². The van der Waals surface area contributed by atoms with Crippen LogP contribution in [-0.4, -0.2) is 38.9 Å². The van der Waals surface area contributed by atoms with Crippen molar-refractivity contribution in [1.29, 1.82) is 0 Å². The minimum atomic E-state index is -3.13. The first-order valence-electron chi connectivity index (χ1n) is 8.57. The Kier molecular flexibility index (Phi) is 6.39. The number of piperazine rings is 1. The molecule has 0 radical (unpaired) electrons. The van der Waals surface area contributed by atoms with E-state index >= 15 is 0 Å². The molecule has 0 saturated carbocycles. The molecule has 0 aromatic heterocycles. The average molecular weight is 384 g/mol. The van der Waals surface area contributed by atoms with Crippen molar-refractivity contribution in [3.63, 3.8) is 0 Å². The summed E-state index contributed by atoms with van der Waals surface area (Å²) in [5, 5.41) is 3.43. The van der Waals surface area contributed by atoms with Gasteiger partial charge in [0.2, 0.25) is 0 Å². The van der Waals surface area contributed by atoms with Gasteiger partial charge in [-0.1, -0.05) is 30.3 Å². The fourth-order valence-corrected chi connectivity index (χ4v) is 3.17. The van der Waals surface area contributed by atoms with Crippen LogP contribution < -0.4 is 19.7 Å². The highest BCUT2D eigenvalue weighted by Gasteiger charge is 2.22. The summed E-state index contributed by atoms with van der Waals surface area (Å²) in [6.45, 7) is -4.22. The van der Waals surface area contributed by atoms with Crippen LogP contribution in [0.5, 0.6) is 11.5 Å². The summed E-state index contributed by atoms with van der Waals surface area (Å²) in [5.74, 6) is -0.814. The maximum Gasteiger partial charge on any atom is 0.387 e. The number of nitrogens with zero attached hydrogens (tertiary/aromatic N) is 1. The molecule has 1 fully saturated rings. The zero-order valence-electron chi connectivity index (χ0n) is 14.5. The molecule has 1 N–H and O–H groups in total. The molecule has 2 aromatic rings. The molecule has 2 aromatic carbocycles. The molecule has 1 unspecified atom stereocenters. The van der Waals surface area contributed by atoms with E-state index in [4.69, 9.17) is 0 Å². The lowest BCUT2D eigenvalue weighted by molar-refractivity contribution is -0.0692. The van der Waals surface area contributed by atoms with Crippen molar-refractivity contribution in [2.45, 2.75) is 25.7 Å². The monoisotopic (exact) mass is 384 g/mol. The Bertz CT molecular complexity index is 731. The first-order chi connectivity index (χ1) is 13.0. The topological polar surface area (TPSA) is 33.7 Å². The third-order valence-electron chi connectivity index (χ3n) is 4.30. The van der Waals surface area contributed by atoms with Crippen LogP contribution in [0.1, 0.15) is 5.56 Å². The second-order valence-electron chi connectivity index (χ2n) is 6.17. The number of alkyl halides is 4. The molecule has 3 rings (SSSR count). The van der Waals surface area contributed by atoms with Gasteiger partial charge in [-0.2, -0.15) is 17.6 Å². The first-order valence-corrected chi connectivity index (χ1v) is 8.57. The predicted molar refractivity (Wildman–Crippen MR) is 93.9 cm³/mol. The lowest BCUT2D eigenvalue weighted by Gasteiger charge is -2.35. The fraction of sp³-hybridized carbons (Fsp3) is 0.368. The Morgan fingerprint density at radius 1 is 0.963 bits per heavy atom. The van der Waals surface area contributed by atoms with Crippen molar-refractivity contribution >= 4 is 5.69 Å². The molecule has 0 bridgehead atoms. The number of hydrogen-bond acceptors (Lipinski definition) is 4. The summed E-state index contributed by atoms with van der Waals surface area (Å²) in [4.78, 5) is 2.01. The number of hydrogen-bond donors (Lipinski definition) is 1. The van der Waals surface area contributed by atoms with Gasteiger partial charge in [0.1, 0.15) is 0 Å². The van der Waals surface area contributed by atoms with Crippen molar-refractivity contribution in [2.24, 2.45) is 0 Å². The quantitative estimate of drug-likeness (QED) is 0.734. The van der Waals surface area contributed by atoms with Gasteiger partial charge in [-0.15, -0.1) is 0 Å². The number of benzene rings is 2. The van der Waals surface area contributed by atoms with Crippen LogP contribution >= 0.6 is 0 Å². The van der Waals surface area contributed by atoms with Gasteiger partial charge >= 0.3 is 13.2 Å². The van der Waals surface area contributed by atoms with E-state index in [0.717, 1.165) is 13.0 Å². The van der Waals surface area contributed by atoms with Crippen LogP contribution in [0.4, 0.5) is 23.2 Å². The summed E-state index contributed by atoms with van der Waals surface area (Å²) in [6, 6.07) is 14.3. The van der Waals surface area contributed by atoms with Crippen LogP contribution in [0.15, 0.2) is 48.5 Å². The Morgan fingerprint density at radius 2 is 1.67 bits per heavy atom. The van der Waals surface area contributed by atoms with Crippen molar-refractivity contribution in [3.8, 4) is 11.5 Å².